The summed E-state index contributed by atoms with van der Waals surface area (Å²) < 4.78 is 1.74. The summed E-state index contributed by atoms with van der Waals surface area (Å²) in [6, 6.07) is 11.6. The number of nitrogens with one attached hydrogen (secondary N) is 1. The normalized spacial score (nSPS) is 12.0. The van der Waals surface area contributed by atoms with Crippen molar-refractivity contribution in [3.05, 3.63) is 42.1 Å². The van der Waals surface area contributed by atoms with Crippen LogP contribution < -0.4 is 5.32 Å². The number of para-hydroxylation sites is 1. The molecule has 0 aliphatic heterocycles. The minimum Gasteiger partial charge on any atom is -0.333 e. The van der Waals surface area contributed by atoms with E-state index < -0.39 is 5.41 Å². The number of carbonyl (C=O) groups is 2. The molecule has 0 fully saturated rings. The number of rotatable bonds is 5. The first kappa shape index (κ1) is 21.7. The van der Waals surface area contributed by atoms with Gasteiger partial charge in [-0.2, -0.15) is 5.10 Å². The lowest BCUT2D eigenvalue weighted by molar-refractivity contribution is -0.141. The Morgan fingerprint density at radius 2 is 1.68 bits per heavy atom. The van der Waals surface area contributed by atoms with Gasteiger partial charge in [0.15, 0.2) is 0 Å². The Hall–Kier alpha value is -2.63. The molecule has 0 aliphatic rings. The molecule has 2 amide bonds. The molecule has 0 spiro atoms. The average Bonchev–Trinajstić information content (AvgIpc) is 3.03. The third-order valence-corrected chi connectivity index (χ3v) is 4.39. The lowest BCUT2D eigenvalue weighted by Crippen LogP contribution is -2.43. The zero-order valence-electron chi connectivity index (χ0n) is 18.0. The van der Waals surface area contributed by atoms with E-state index in [-0.39, 0.29) is 23.8 Å². The van der Waals surface area contributed by atoms with Gasteiger partial charge in [0.05, 0.1) is 17.9 Å². The molecule has 1 N–H and O–H groups in total. The summed E-state index contributed by atoms with van der Waals surface area (Å²) in [6.45, 7) is 14.2. The van der Waals surface area contributed by atoms with Gasteiger partial charge in [-0.05, 0) is 19.1 Å². The molecule has 1 aromatic heterocycles. The number of hydrogen-bond donors (Lipinski definition) is 1. The monoisotopic (exact) mass is 384 g/mol. The molecule has 1 aromatic carbocycles. The highest BCUT2D eigenvalue weighted by atomic mass is 16.2. The second kappa shape index (κ2) is 8.17. The van der Waals surface area contributed by atoms with Crippen LogP contribution in [0.3, 0.4) is 0 Å². The molecule has 6 nitrogen and oxygen atoms in total. The van der Waals surface area contributed by atoms with E-state index in [1.54, 1.807) is 9.58 Å². The van der Waals surface area contributed by atoms with Crippen molar-refractivity contribution in [1.29, 1.82) is 0 Å². The van der Waals surface area contributed by atoms with E-state index in [2.05, 4.69) is 26.1 Å². The van der Waals surface area contributed by atoms with E-state index in [1.807, 2.05) is 64.1 Å². The molecular weight excluding hydrogens is 352 g/mol. The summed E-state index contributed by atoms with van der Waals surface area (Å²) in [6.07, 6.45) is 0. The number of likely N-dealkylation sites (N-methyl/N-ethyl adjacent to an activating group) is 1. The van der Waals surface area contributed by atoms with Crippen LogP contribution in [0.15, 0.2) is 36.4 Å². The molecule has 0 unspecified atom stereocenters. The zero-order valence-corrected chi connectivity index (χ0v) is 18.0. The van der Waals surface area contributed by atoms with Crippen molar-refractivity contribution in [2.75, 3.05) is 18.4 Å². The van der Waals surface area contributed by atoms with Crippen molar-refractivity contribution in [1.82, 2.24) is 14.7 Å². The van der Waals surface area contributed by atoms with Crippen molar-refractivity contribution in [3.63, 3.8) is 0 Å². The van der Waals surface area contributed by atoms with Gasteiger partial charge in [-0.3, -0.25) is 9.59 Å². The first-order chi connectivity index (χ1) is 12.9. The summed E-state index contributed by atoms with van der Waals surface area (Å²) in [5.41, 5.74) is 1.06. The van der Waals surface area contributed by atoms with E-state index >= 15 is 0 Å². The van der Waals surface area contributed by atoms with Gasteiger partial charge < -0.3 is 10.2 Å². The number of anilines is 1. The van der Waals surface area contributed by atoms with Crippen LogP contribution in [0.5, 0.6) is 0 Å². The highest BCUT2D eigenvalue weighted by Gasteiger charge is 2.28. The SMILES string of the molecule is CCN(CC(=O)Nc1cc(C(C)(C)C)nn1-c1ccccc1)C(=O)C(C)(C)C. The maximum absolute atomic E-state index is 12.7. The van der Waals surface area contributed by atoms with Crippen molar-refractivity contribution in [2.45, 2.75) is 53.9 Å². The van der Waals surface area contributed by atoms with E-state index in [9.17, 15) is 9.59 Å². The molecular formula is C22H32N4O2. The predicted molar refractivity (Wildman–Crippen MR) is 113 cm³/mol. The maximum Gasteiger partial charge on any atom is 0.245 e. The Morgan fingerprint density at radius 3 is 2.18 bits per heavy atom. The fourth-order valence-corrected chi connectivity index (χ4v) is 2.76. The lowest BCUT2D eigenvalue weighted by Gasteiger charge is -2.28. The Morgan fingerprint density at radius 1 is 1.07 bits per heavy atom. The van der Waals surface area contributed by atoms with Gasteiger partial charge in [-0.25, -0.2) is 4.68 Å². The van der Waals surface area contributed by atoms with Crippen LogP contribution in [-0.4, -0.2) is 39.6 Å². The number of hydrogen-bond acceptors (Lipinski definition) is 3. The molecule has 1 heterocycles. The lowest BCUT2D eigenvalue weighted by atomic mass is 9.92. The highest BCUT2D eigenvalue weighted by molar-refractivity contribution is 5.95. The van der Waals surface area contributed by atoms with E-state index in [4.69, 9.17) is 5.10 Å². The molecule has 0 radical (unpaired) electrons. The fraction of sp³-hybridized carbons (Fsp3) is 0.500. The van der Waals surface area contributed by atoms with E-state index in [0.29, 0.717) is 12.4 Å². The van der Waals surface area contributed by atoms with Crippen LogP contribution in [0.1, 0.15) is 54.2 Å². The van der Waals surface area contributed by atoms with Crippen molar-refractivity contribution in [2.24, 2.45) is 5.41 Å². The summed E-state index contributed by atoms with van der Waals surface area (Å²) in [5, 5.41) is 7.64. The Kier molecular flexibility index (Phi) is 6.32. The number of amides is 2. The van der Waals surface area contributed by atoms with Crippen molar-refractivity contribution >= 4 is 17.6 Å². The van der Waals surface area contributed by atoms with Gasteiger partial charge in [-0.15, -0.1) is 0 Å². The van der Waals surface area contributed by atoms with Crippen molar-refractivity contribution < 1.29 is 9.59 Å². The Bertz CT molecular complexity index is 826. The van der Waals surface area contributed by atoms with E-state index in [1.165, 1.54) is 0 Å². The first-order valence-electron chi connectivity index (χ1n) is 9.68. The molecule has 2 aromatic rings. The summed E-state index contributed by atoms with van der Waals surface area (Å²) in [4.78, 5) is 26.8. The van der Waals surface area contributed by atoms with Crippen LogP contribution in [0.25, 0.3) is 5.69 Å². The molecule has 0 saturated heterocycles. The minimum atomic E-state index is -0.526. The number of benzene rings is 1. The molecule has 152 valence electrons. The predicted octanol–water partition coefficient (Wildman–Crippen LogP) is 4.00. The number of aromatic nitrogens is 2. The smallest absolute Gasteiger partial charge is 0.245 e. The molecule has 0 bridgehead atoms. The van der Waals surface area contributed by atoms with E-state index in [0.717, 1.165) is 11.4 Å². The number of nitrogens with zero attached hydrogens (tertiary/aromatic N) is 3. The molecule has 2 rings (SSSR count). The molecule has 28 heavy (non-hydrogen) atoms. The zero-order chi connectivity index (χ0) is 21.1. The molecule has 6 heteroatoms. The Labute approximate surface area is 167 Å². The molecule has 0 saturated carbocycles. The van der Waals surface area contributed by atoms with Crippen LogP contribution in [0.2, 0.25) is 0 Å². The van der Waals surface area contributed by atoms with Crippen LogP contribution >= 0.6 is 0 Å². The summed E-state index contributed by atoms with van der Waals surface area (Å²) in [5.74, 6) is 0.314. The van der Waals surface area contributed by atoms with Crippen LogP contribution in [-0.2, 0) is 15.0 Å². The standard InChI is InChI=1S/C22H32N4O2/c1-8-25(20(28)22(5,6)7)15-19(27)23-18-14-17(21(2,3)4)24-26(18)16-12-10-9-11-13-16/h9-14H,8,15H2,1-7H3,(H,23,27). The van der Waals surface area contributed by atoms with Gasteiger partial charge in [-0.1, -0.05) is 59.7 Å². The van der Waals surface area contributed by atoms with Gasteiger partial charge in [0.25, 0.3) is 0 Å². The second-order valence-electron chi connectivity index (χ2n) is 9.03. The van der Waals surface area contributed by atoms with Gasteiger partial charge in [0.1, 0.15) is 5.82 Å². The highest BCUT2D eigenvalue weighted by Crippen LogP contribution is 2.26. The van der Waals surface area contributed by atoms with Crippen LogP contribution in [0, 0.1) is 5.41 Å². The number of carbonyl (C=O) groups excluding carboxylic acids is 2. The second-order valence-corrected chi connectivity index (χ2v) is 9.03. The minimum absolute atomic E-state index is 0.0113. The molecule has 0 aliphatic carbocycles. The third-order valence-electron chi connectivity index (χ3n) is 4.39. The average molecular weight is 385 g/mol. The fourth-order valence-electron chi connectivity index (χ4n) is 2.76. The summed E-state index contributed by atoms with van der Waals surface area (Å²) in [7, 11) is 0. The van der Waals surface area contributed by atoms with Gasteiger partial charge >= 0.3 is 0 Å². The quantitative estimate of drug-likeness (QED) is 0.847. The largest absolute Gasteiger partial charge is 0.333 e. The first-order valence-corrected chi connectivity index (χ1v) is 9.68. The van der Waals surface area contributed by atoms with Gasteiger partial charge in [0, 0.05) is 23.4 Å². The van der Waals surface area contributed by atoms with Gasteiger partial charge in [0.2, 0.25) is 11.8 Å². The maximum atomic E-state index is 12.7. The topological polar surface area (TPSA) is 67.2 Å². The third kappa shape index (κ3) is 5.21. The Balaban J connectivity index is 2.28. The van der Waals surface area contributed by atoms with Crippen molar-refractivity contribution in [3.8, 4) is 5.69 Å². The summed E-state index contributed by atoms with van der Waals surface area (Å²) >= 11 is 0. The molecule has 0 atom stereocenters. The van der Waals surface area contributed by atoms with Crippen LogP contribution in [0.4, 0.5) is 5.82 Å².